The Morgan fingerprint density at radius 3 is 2.22 bits per heavy atom. The Labute approximate surface area is 150 Å². The zero-order chi connectivity index (χ0) is 20.9. The molecule has 0 fully saturated rings. The molecular weight excluding hydrogens is 381 g/mol. The number of alkyl halides is 5. The van der Waals surface area contributed by atoms with Crippen LogP contribution in [-0.4, -0.2) is 50.7 Å². The highest BCUT2D eigenvalue weighted by Crippen LogP contribution is 2.49. The number of carboxylic acid groups (broad SMARTS) is 1. The number of hydrogen-bond acceptors (Lipinski definition) is 4. The van der Waals surface area contributed by atoms with Gasteiger partial charge in [0.15, 0.2) is 5.69 Å². The van der Waals surface area contributed by atoms with Crippen molar-refractivity contribution in [1.29, 1.82) is 0 Å². The van der Waals surface area contributed by atoms with E-state index < -0.39 is 59.8 Å². The highest BCUT2D eigenvalue weighted by atomic mass is 19.4. The highest BCUT2D eigenvalue weighted by Gasteiger charge is 2.65. The molecule has 0 saturated heterocycles. The van der Waals surface area contributed by atoms with E-state index >= 15 is 0 Å². The number of hydrogen-bond donors (Lipinski definition) is 1. The van der Waals surface area contributed by atoms with Crippen molar-refractivity contribution in [2.75, 3.05) is 4.90 Å². The van der Waals surface area contributed by atoms with Gasteiger partial charge in [-0.3, -0.25) is 4.90 Å². The van der Waals surface area contributed by atoms with Crippen molar-refractivity contribution in [1.82, 2.24) is 9.78 Å². The van der Waals surface area contributed by atoms with E-state index in [-0.39, 0.29) is 4.68 Å². The molecule has 0 saturated carbocycles. The number of nitrogens with zero attached hydrogens (tertiary/aromatic N) is 3. The summed E-state index contributed by atoms with van der Waals surface area (Å²) in [6, 6.07) is -2.86. The number of carbonyl (C=O) groups is 2. The van der Waals surface area contributed by atoms with Gasteiger partial charge in [-0.15, -0.1) is 0 Å². The SMILES string of the molecule is CC1CC(C(F)(F)C(F)(F)F)n2nc(C(=O)O)cc2N1C(=O)OC(C)(C)C. The Balaban J connectivity index is 2.59. The molecular formula is C15H18F5N3O4. The number of aromatic carboxylic acids is 1. The number of fused-ring (bicyclic) bond motifs is 1. The van der Waals surface area contributed by atoms with Crippen molar-refractivity contribution < 1.29 is 41.4 Å². The van der Waals surface area contributed by atoms with Gasteiger partial charge in [0.1, 0.15) is 17.5 Å². The summed E-state index contributed by atoms with van der Waals surface area (Å²) in [6.45, 7) is 5.89. The first-order chi connectivity index (χ1) is 12.1. The maximum absolute atomic E-state index is 14.0. The minimum absolute atomic E-state index is 0.237. The van der Waals surface area contributed by atoms with Crippen LogP contribution in [0.2, 0.25) is 0 Å². The molecule has 1 amide bonds. The van der Waals surface area contributed by atoms with Crippen LogP contribution >= 0.6 is 0 Å². The molecule has 0 spiro atoms. The van der Waals surface area contributed by atoms with Crippen LogP contribution in [0.15, 0.2) is 6.07 Å². The minimum atomic E-state index is -5.88. The quantitative estimate of drug-likeness (QED) is 0.764. The molecule has 0 bridgehead atoms. The summed E-state index contributed by atoms with van der Waals surface area (Å²) in [5.74, 6) is -7.32. The normalized spacial score (nSPS) is 21.0. The number of aromatic nitrogens is 2. The molecule has 2 unspecified atom stereocenters. The first-order valence-electron chi connectivity index (χ1n) is 7.86. The lowest BCUT2D eigenvalue weighted by Crippen LogP contribution is -2.53. The molecule has 1 aromatic heterocycles. The third-order valence-corrected chi connectivity index (χ3v) is 3.87. The van der Waals surface area contributed by atoms with E-state index in [4.69, 9.17) is 9.84 Å². The molecule has 152 valence electrons. The van der Waals surface area contributed by atoms with Gasteiger partial charge in [0.05, 0.1) is 0 Å². The second-order valence-corrected chi connectivity index (χ2v) is 7.21. The largest absolute Gasteiger partial charge is 0.476 e. The molecule has 0 aromatic carbocycles. The van der Waals surface area contributed by atoms with Crippen LogP contribution in [0.25, 0.3) is 0 Å². The van der Waals surface area contributed by atoms with Gasteiger partial charge < -0.3 is 9.84 Å². The van der Waals surface area contributed by atoms with Gasteiger partial charge in [0.25, 0.3) is 0 Å². The van der Waals surface area contributed by atoms with Crippen LogP contribution in [0.5, 0.6) is 0 Å². The monoisotopic (exact) mass is 399 g/mol. The Morgan fingerprint density at radius 1 is 1.22 bits per heavy atom. The molecule has 1 aromatic rings. The fourth-order valence-electron chi connectivity index (χ4n) is 2.73. The van der Waals surface area contributed by atoms with E-state index in [1.165, 1.54) is 6.92 Å². The molecule has 2 heterocycles. The molecule has 1 N–H and O–H groups in total. The smallest absolute Gasteiger partial charge is 0.455 e. The molecule has 2 rings (SSSR count). The average molecular weight is 399 g/mol. The van der Waals surface area contributed by atoms with E-state index in [9.17, 15) is 31.5 Å². The summed E-state index contributed by atoms with van der Waals surface area (Å²) in [4.78, 5) is 24.4. The van der Waals surface area contributed by atoms with Crippen LogP contribution in [-0.2, 0) is 4.74 Å². The lowest BCUT2D eigenvalue weighted by atomic mass is 9.98. The molecule has 0 aliphatic carbocycles. The first-order valence-corrected chi connectivity index (χ1v) is 7.86. The molecule has 0 radical (unpaired) electrons. The van der Waals surface area contributed by atoms with Crippen LogP contribution in [0, 0.1) is 0 Å². The van der Waals surface area contributed by atoms with E-state index in [1.807, 2.05) is 0 Å². The number of carbonyl (C=O) groups excluding carboxylic acids is 1. The van der Waals surface area contributed by atoms with E-state index in [0.29, 0.717) is 0 Å². The van der Waals surface area contributed by atoms with E-state index in [0.717, 1.165) is 11.0 Å². The van der Waals surface area contributed by atoms with E-state index in [2.05, 4.69) is 5.10 Å². The minimum Gasteiger partial charge on any atom is -0.476 e. The molecule has 27 heavy (non-hydrogen) atoms. The standard InChI is InChI=1S/C15H18F5N3O4/c1-7-5-9(14(16,17)15(18,19)20)23-10(6-8(21-23)11(24)25)22(7)12(26)27-13(2,3)4/h6-7,9H,5H2,1-4H3,(H,24,25). The number of halogens is 5. The van der Waals surface area contributed by atoms with Crippen molar-refractivity contribution in [3.8, 4) is 0 Å². The van der Waals surface area contributed by atoms with Crippen molar-refractivity contribution in [2.24, 2.45) is 0 Å². The number of carboxylic acids is 1. The molecule has 1 aliphatic rings. The van der Waals surface area contributed by atoms with Crippen molar-refractivity contribution in [3.63, 3.8) is 0 Å². The molecule has 1 aliphatic heterocycles. The van der Waals surface area contributed by atoms with Crippen LogP contribution in [0.1, 0.15) is 50.6 Å². The van der Waals surface area contributed by atoms with Crippen molar-refractivity contribution >= 4 is 17.9 Å². The van der Waals surface area contributed by atoms with Gasteiger partial charge in [-0.2, -0.15) is 27.1 Å². The average Bonchev–Trinajstić information content (AvgIpc) is 2.87. The second-order valence-electron chi connectivity index (χ2n) is 7.21. The summed E-state index contributed by atoms with van der Waals surface area (Å²) in [5, 5.41) is 12.4. The van der Waals surface area contributed by atoms with E-state index in [1.54, 1.807) is 20.8 Å². The van der Waals surface area contributed by atoms with Crippen LogP contribution in [0.4, 0.5) is 32.6 Å². The Hall–Kier alpha value is -2.40. The summed E-state index contributed by atoms with van der Waals surface area (Å²) in [5.41, 5.74) is -1.74. The topological polar surface area (TPSA) is 84.7 Å². The predicted octanol–water partition coefficient (Wildman–Crippen LogP) is 3.85. The van der Waals surface area contributed by atoms with Gasteiger partial charge in [-0.05, 0) is 34.1 Å². The van der Waals surface area contributed by atoms with Gasteiger partial charge in [-0.25, -0.2) is 14.3 Å². The molecule has 7 nitrogen and oxygen atoms in total. The maximum atomic E-state index is 14.0. The fraction of sp³-hybridized carbons (Fsp3) is 0.667. The lowest BCUT2D eigenvalue weighted by molar-refractivity contribution is -0.301. The number of amides is 1. The zero-order valence-corrected chi connectivity index (χ0v) is 14.8. The van der Waals surface area contributed by atoms with Gasteiger partial charge in [0, 0.05) is 12.1 Å². The Morgan fingerprint density at radius 2 is 1.78 bits per heavy atom. The highest BCUT2D eigenvalue weighted by molar-refractivity contribution is 5.91. The third-order valence-electron chi connectivity index (χ3n) is 3.87. The number of anilines is 1. The first kappa shape index (κ1) is 20.9. The Bertz CT molecular complexity index is 754. The number of ether oxygens (including phenoxy) is 1. The maximum Gasteiger partial charge on any atom is 0.455 e. The van der Waals surface area contributed by atoms with Gasteiger partial charge in [-0.1, -0.05) is 0 Å². The van der Waals surface area contributed by atoms with Gasteiger partial charge >= 0.3 is 24.2 Å². The van der Waals surface area contributed by atoms with Gasteiger partial charge in [0.2, 0.25) is 0 Å². The fourth-order valence-corrected chi connectivity index (χ4v) is 2.73. The van der Waals surface area contributed by atoms with Crippen molar-refractivity contribution in [2.45, 2.75) is 63.9 Å². The lowest BCUT2D eigenvalue weighted by Gasteiger charge is -2.41. The van der Waals surface area contributed by atoms with Crippen LogP contribution < -0.4 is 4.90 Å². The zero-order valence-electron chi connectivity index (χ0n) is 14.8. The third kappa shape index (κ3) is 3.83. The predicted molar refractivity (Wildman–Crippen MR) is 82.0 cm³/mol. The van der Waals surface area contributed by atoms with Crippen molar-refractivity contribution in [3.05, 3.63) is 11.8 Å². The summed E-state index contributed by atoms with van der Waals surface area (Å²) < 4.78 is 72.0. The summed E-state index contributed by atoms with van der Waals surface area (Å²) in [6.07, 6.45) is -7.70. The second kappa shape index (κ2) is 6.34. The van der Waals surface area contributed by atoms with Crippen LogP contribution in [0.3, 0.4) is 0 Å². The number of rotatable bonds is 2. The molecule has 2 atom stereocenters. The summed E-state index contributed by atoms with van der Waals surface area (Å²) >= 11 is 0. The summed E-state index contributed by atoms with van der Waals surface area (Å²) in [7, 11) is 0. The molecule has 12 heteroatoms. The Kier molecular flexibility index (Phi) is 4.91.